The summed E-state index contributed by atoms with van der Waals surface area (Å²) in [6.45, 7) is 3.31. The summed E-state index contributed by atoms with van der Waals surface area (Å²) in [7, 11) is 0. The average molecular weight is 245 g/mol. The fraction of sp³-hybridized carbons (Fsp3) is 0.231. The lowest BCUT2D eigenvalue weighted by Crippen LogP contribution is -2.15. The number of nitrogens with one attached hydrogen (secondary N) is 1. The molecule has 1 amide bonds. The third-order valence-electron chi connectivity index (χ3n) is 2.74. The summed E-state index contributed by atoms with van der Waals surface area (Å²) in [6.07, 6.45) is 1.55. The minimum Gasteiger partial charge on any atom is -0.366 e. The first-order valence-corrected chi connectivity index (χ1v) is 5.66. The molecule has 18 heavy (non-hydrogen) atoms. The van der Waals surface area contributed by atoms with Gasteiger partial charge in [-0.25, -0.2) is 0 Å². The second kappa shape index (κ2) is 5.46. The summed E-state index contributed by atoms with van der Waals surface area (Å²) >= 11 is 0. The van der Waals surface area contributed by atoms with Gasteiger partial charge >= 0.3 is 0 Å². The van der Waals surface area contributed by atoms with Gasteiger partial charge in [-0.1, -0.05) is 11.2 Å². The molecule has 0 saturated carbocycles. The van der Waals surface area contributed by atoms with Gasteiger partial charge in [-0.15, -0.1) is 0 Å². The number of carbonyl (C=O) groups is 1. The lowest BCUT2D eigenvalue weighted by molar-refractivity contribution is 0.1000. The third kappa shape index (κ3) is 2.95. The predicted octanol–water partition coefficient (Wildman–Crippen LogP) is 1.37. The Balaban J connectivity index is 1.95. The molecule has 0 bridgehead atoms. The van der Waals surface area contributed by atoms with Gasteiger partial charge in [0.1, 0.15) is 6.26 Å². The van der Waals surface area contributed by atoms with Crippen molar-refractivity contribution in [3.63, 3.8) is 0 Å². The number of primary amides is 1. The lowest BCUT2D eigenvalue weighted by atomic mass is 10.0. The first-order valence-electron chi connectivity index (χ1n) is 5.66. The van der Waals surface area contributed by atoms with Gasteiger partial charge in [0.15, 0.2) is 0 Å². The summed E-state index contributed by atoms with van der Waals surface area (Å²) in [6, 6.07) is 7.26. The van der Waals surface area contributed by atoms with Crippen LogP contribution in [0.3, 0.4) is 0 Å². The quantitative estimate of drug-likeness (QED) is 0.833. The van der Waals surface area contributed by atoms with E-state index >= 15 is 0 Å². The van der Waals surface area contributed by atoms with Crippen molar-refractivity contribution in [2.75, 3.05) is 0 Å². The second-order valence-electron chi connectivity index (χ2n) is 4.10. The summed E-state index contributed by atoms with van der Waals surface area (Å²) in [5.74, 6) is -0.403. The van der Waals surface area contributed by atoms with Crippen LogP contribution < -0.4 is 11.1 Å². The van der Waals surface area contributed by atoms with Crippen LogP contribution in [-0.4, -0.2) is 11.1 Å². The van der Waals surface area contributed by atoms with E-state index in [9.17, 15) is 4.79 Å². The maximum atomic E-state index is 11.0. The topological polar surface area (TPSA) is 81.2 Å². The van der Waals surface area contributed by atoms with Crippen molar-refractivity contribution in [1.82, 2.24) is 10.5 Å². The molecule has 0 aliphatic heterocycles. The van der Waals surface area contributed by atoms with Crippen molar-refractivity contribution in [2.24, 2.45) is 5.73 Å². The fourth-order valence-electron chi connectivity index (χ4n) is 1.70. The molecule has 94 valence electrons. The standard InChI is InChI=1S/C13H15N3O2/c1-9-6-10(13(14)17)2-3-11(9)7-15-8-12-4-5-18-16-12/h2-6,15H,7-8H2,1H3,(H2,14,17). The molecule has 2 rings (SSSR count). The number of hydrogen-bond donors (Lipinski definition) is 2. The highest BCUT2D eigenvalue weighted by molar-refractivity contribution is 5.93. The number of aromatic nitrogens is 1. The maximum absolute atomic E-state index is 11.0. The molecular weight excluding hydrogens is 230 g/mol. The molecule has 0 spiro atoms. The average Bonchev–Trinajstić information content (AvgIpc) is 2.84. The number of rotatable bonds is 5. The highest BCUT2D eigenvalue weighted by Gasteiger charge is 2.04. The van der Waals surface area contributed by atoms with Gasteiger partial charge in [-0.05, 0) is 30.2 Å². The Morgan fingerprint density at radius 1 is 1.39 bits per heavy atom. The van der Waals surface area contributed by atoms with Gasteiger partial charge < -0.3 is 15.6 Å². The van der Waals surface area contributed by atoms with E-state index in [1.165, 1.54) is 0 Å². The Morgan fingerprint density at radius 2 is 2.22 bits per heavy atom. The van der Waals surface area contributed by atoms with Gasteiger partial charge in [0, 0.05) is 24.7 Å². The minimum absolute atomic E-state index is 0.403. The van der Waals surface area contributed by atoms with Crippen LogP contribution in [0.1, 0.15) is 27.2 Å². The number of hydrogen-bond acceptors (Lipinski definition) is 4. The van der Waals surface area contributed by atoms with Crippen molar-refractivity contribution in [3.8, 4) is 0 Å². The molecule has 0 aliphatic rings. The van der Waals surface area contributed by atoms with Crippen molar-refractivity contribution in [3.05, 3.63) is 52.9 Å². The second-order valence-corrected chi connectivity index (χ2v) is 4.10. The Labute approximate surface area is 105 Å². The number of nitrogens with two attached hydrogens (primary N) is 1. The summed E-state index contributed by atoms with van der Waals surface area (Å²) in [5, 5.41) is 7.06. The molecule has 2 aromatic rings. The van der Waals surface area contributed by atoms with Crippen LogP contribution >= 0.6 is 0 Å². The van der Waals surface area contributed by atoms with Crippen LogP contribution in [0.15, 0.2) is 35.1 Å². The molecule has 1 aromatic carbocycles. The molecule has 5 heteroatoms. The number of amides is 1. The van der Waals surface area contributed by atoms with Gasteiger partial charge in [0.2, 0.25) is 5.91 Å². The fourth-order valence-corrected chi connectivity index (χ4v) is 1.70. The van der Waals surface area contributed by atoms with E-state index in [2.05, 4.69) is 10.5 Å². The van der Waals surface area contributed by atoms with Gasteiger partial charge in [-0.2, -0.15) is 0 Å². The van der Waals surface area contributed by atoms with Gasteiger partial charge in [0.25, 0.3) is 0 Å². The molecule has 1 heterocycles. The smallest absolute Gasteiger partial charge is 0.248 e. The minimum atomic E-state index is -0.403. The monoisotopic (exact) mass is 245 g/mol. The predicted molar refractivity (Wildman–Crippen MR) is 66.7 cm³/mol. The Bertz CT molecular complexity index is 535. The molecule has 3 N–H and O–H groups in total. The van der Waals surface area contributed by atoms with E-state index in [0.29, 0.717) is 18.7 Å². The number of benzene rings is 1. The molecule has 1 aromatic heterocycles. The van der Waals surface area contributed by atoms with Crippen molar-refractivity contribution in [1.29, 1.82) is 0 Å². The first-order chi connectivity index (χ1) is 8.66. The normalized spacial score (nSPS) is 10.5. The molecule has 0 fully saturated rings. The van der Waals surface area contributed by atoms with Gasteiger partial charge in [-0.3, -0.25) is 4.79 Å². The van der Waals surface area contributed by atoms with Crippen LogP contribution in [0.2, 0.25) is 0 Å². The summed E-state index contributed by atoms with van der Waals surface area (Å²) < 4.78 is 4.74. The lowest BCUT2D eigenvalue weighted by Gasteiger charge is -2.07. The SMILES string of the molecule is Cc1cc(C(N)=O)ccc1CNCc1ccon1. The van der Waals surface area contributed by atoms with E-state index < -0.39 is 5.91 Å². The number of aryl methyl sites for hydroxylation is 1. The molecule has 0 unspecified atom stereocenters. The summed E-state index contributed by atoms with van der Waals surface area (Å²) in [5.41, 5.74) is 8.79. The van der Waals surface area contributed by atoms with E-state index in [1.807, 2.05) is 19.1 Å². The van der Waals surface area contributed by atoms with Crippen LogP contribution in [0.5, 0.6) is 0 Å². The van der Waals surface area contributed by atoms with E-state index in [1.54, 1.807) is 18.4 Å². The Morgan fingerprint density at radius 3 is 2.83 bits per heavy atom. The van der Waals surface area contributed by atoms with E-state index in [4.69, 9.17) is 10.3 Å². The molecule has 0 saturated heterocycles. The third-order valence-corrected chi connectivity index (χ3v) is 2.74. The van der Waals surface area contributed by atoms with Crippen LogP contribution in [0.4, 0.5) is 0 Å². The number of nitrogens with zero attached hydrogens (tertiary/aromatic N) is 1. The molecule has 0 atom stereocenters. The maximum Gasteiger partial charge on any atom is 0.248 e. The van der Waals surface area contributed by atoms with Crippen LogP contribution in [0.25, 0.3) is 0 Å². The van der Waals surface area contributed by atoms with E-state index in [-0.39, 0.29) is 0 Å². The zero-order chi connectivity index (χ0) is 13.0. The zero-order valence-electron chi connectivity index (χ0n) is 10.1. The Hall–Kier alpha value is -2.14. The van der Waals surface area contributed by atoms with Crippen molar-refractivity contribution >= 4 is 5.91 Å². The molecule has 0 radical (unpaired) electrons. The van der Waals surface area contributed by atoms with Crippen molar-refractivity contribution < 1.29 is 9.32 Å². The number of carbonyl (C=O) groups excluding carboxylic acids is 1. The zero-order valence-corrected chi connectivity index (χ0v) is 10.1. The van der Waals surface area contributed by atoms with Crippen molar-refractivity contribution in [2.45, 2.75) is 20.0 Å². The Kier molecular flexibility index (Phi) is 3.74. The largest absolute Gasteiger partial charge is 0.366 e. The van der Waals surface area contributed by atoms with Crippen LogP contribution in [-0.2, 0) is 13.1 Å². The molecule has 5 nitrogen and oxygen atoms in total. The highest BCUT2D eigenvalue weighted by atomic mass is 16.5. The van der Waals surface area contributed by atoms with Crippen LogP contribution in [0, 0.1) is 6.92 Å². The summed E-state index contributed by atoms with van der Waals surface area (Å²) in [4.78, 5) is 11.0. The van der Waals surface area contributed by atoms with Gasteiger partial charge in [0.05, 0.1) is 5.69 Å². The van der Waals surface area contributed by atoms with E-state index in [0.717, 1.165) is 16.8 Å². The first kappa shape index (κ1) is 12.3. The molecule has 0 aliphatic carbocycles. The highest BCUT2D eigenvalue weighted by Crippen LogP contribution is 2.11. The molecular formula is C13H15N3O2.